The van der Waals surface area contributed by atoms with Crippen molar-refractivity contribution in [2.24, 2.45) is 0 Å². The molecule has 0 amide bonds. The zero-order valence-corrected chi connectivity index (χ0v) is 11.3. The van der Waals surface area contributed by atoms with Crippen molar-refractivity contribution < 1.29 is 9.84 Å². The molecule has 0 aliphatic carbocycles. The van der Waals surface area contributed by atoms with Gasteiger partial charge < -0.3 is 9.84 Å². The van der Waals surface area contributed by atoms with Crippen LogP contribution in [0.25, 0.3) is 5.57 Å². The summed E-state index contributed by atoms with van der Waals surface area (Å²) in [6.07, 6.45) is 2.09. The minimum atomic E-state index is 0.240. The summed E-state index contributed by atoms with van der Waals surface area (Å²) in [5.41, 5.74) is 3.95. The third-order valence-corrected chi connectivity index (χ3v) is 2.89. The predicted octanol–water partition coefficient (Wildman–Crippen LogP) is 4.22. The van der Waals surface area contributed by atoms with E-state index in [1.807, 2.05) is 26.8 Å². The van der Waals surface area contributed by atoms with Crippen molar-refractivity contribution in [2.75, 3.05) is 6.61 Å². The van der Waals surface area contributed by atoms with E-state index >= 15 is 0 Å². The fourth-order valence-electron chi connectivity index (χ4n) is 2.03. The Hall–Kier alpha value is -1.44. The van der Waals surface area contributed by atoms with Gasteiger partial charge >= 0.3 is 0 Å². The number of rotatable bonds is 5. The second kappa shape index (κ2) is 5.76. The maximum atomic E-state index is 10.1. The van der Waals surface area contributed by atoms with E-state index in [4.69, 9.17) is 4.74 Å². The second-order valence-electron chi connectivity index (χ2n) is 4.52. The Labute approximate surface area is 104 Å². The number of hydrogen-bond acceptors (Lipinski definition) is 2. The maximum Gasteiger partial charge on any atom is 0.161 e. The molecular weight excluding hydrogens is 212 g/mol. The monoisotopic (exact) mass is 234 g/mol. The first-order valence-electron chi connectivity index (χ1n) is 6.10. The van der Waals surface area contributed by atoms with E-state index in [1.165, 1.54) is 0 Å². The van der Waals surface area contributed by atoms with E-state index in [1.54, 1.807) is 0 Å². The molecule has 0 radical (unpaired) electrons. The average Bonchev–Trinajstić information content (AvgIpc) is 2.25. The largest absolute Gasteiger partial charge is 0.504 e. The topological polar surface area (TPSA) is 29.5 Å². The highest BCUT2D eigenvalue weighted by molar-refractivity contribution is 5.71. The Kier molecular flexibility index (Phi) is 4.62. The van der Waals surface area contributed by atoms with Crippen LogP contribution in [0.5, 0.6) is 11.5 Å². The number of aryl methyl sites for hydroxylation is 1. The molecule has 0 aliphatic rings. The molecule has 2 nitrogen and oxygen atoms in total. The van der Waals surface area contributed by atoms with Crippen molar-refractivity contribution in [1.82, 2.24) is 0 Å². The van der Waals surface area contributed by atoms with E-state index in [9.17, 15) is 5.11 Å². The molecule has 0 fully saturated rings. The number of ether oxygens (including phenoxy) is 1. The van der Waals surface area contributed by atoms with Gasteiger partial charge in [0, 0.05) is 5.56 Å². The molecular formula is C15H22O2. The number of aromatic hydroxyl groups is 1. The first-order valence-corrected chi connectivity index (χ1v) is 6.10. The maximum absolute atomic E-state index is 10.1. The summed E-state index contributed by atoms with van der Waals surface area (Å²) >= 11 is 0. The highest BCUT2D eigenvalue weighted by Gasteiger charge is 2.13. The molecule has 0 bridgehead atoms. The summed E-state index contributed by atoms with van der Waals surface area (Å²) in [5.74, 6) is 0.822. The van der Waals surface area contributed by atoms with Gasteiger partial charge in [-0.2, -0.15) is 0 Å². The van der Waals surface area contributed by atoms with E-state index in [2.05, 4.69) is 13.5 Å². The standard InChI is InChI=1S/C15H22O2/c1-6-7-8-17-13-9-11(4)14(10(2)3)12(5)15(13)16/h9,16H,2,6-8H2,1,3-5H3. The van der Waals surface area contributed by atoms with E-state index < -0.39 is 0 Å². The summed E-state index contributed by atoms with van der Waals surface area (Å²) in [4.78, 5) is 0. The van der Waals surface area contributed by atoms with Gasteiger partial charge in [-0.15, -0.1) is 0 Å². The summed E-state index contributed by atoms with van der Waals surface area (Å²) < 4.78 is 5.59. The number of unbranched alkanes of at least 4 members (excludes halogenated alkanes) is 1. The van der Waals surface area contributed by atoms with Gasteiger partial charge in [-0.05, 0) is 44.4 Å². The molecule has 0 unspecified atom stereocenters. The summed E-state index contributed by atoms with van der Waals surface area (Å²) in [7, 11) is 0. The first kappa shape index (κ1) is 13.6. The molecule has 0 saturated carbocycles. The SMILES string of the molecule is C=C(C)c1c(C)cc(OCCCC)c(O)c1C. The van der Waals surface area contributed by atoms with Crippen LogP contribution in [0.4, 0.5) is 0 Å². The van der Waals surface area contributed by atoms with Crippen LogP contribution >= 0.6 is 0 Å². The van der Waals surface area contributed by atoms with Crippen molar-refractivity contribution in [1.29, 1.82) is 0 Å². The van der Waals surface area contributed by atoms with Crippen LogP contribution in [0.2, 0.25) is 0 Å². The Balaban J connectivity index is 3.07. The molecule has 0 aromatic heterocycles. The van der Waals surface area contributed by atoms with Gasteiger partial charge in [0.1, 0.15) is 0 Å². The van der Waals surface area contributed by atoms with Crippen molar-refractivity contribution in [3.8, 4) is 11.5 Å². The van der Waals surface area contributed by atoms with Crippen LogP contribution in [0.15, 0.2) is 12.6 Å². The lowest BCUT2D eigenvalue weighted by Gasteiger charge is -2.15. The minimum absolute atomic E-state index is 0.240. The molecule has 1 rings (SSSR count). The van der Waals surface area contributed by atoms with Crippen molar-refractivity contribution in [2.45, 2.75) is 40.5 Å². The van der Waals surface area contributed by atoms with Gasteiger partial charge in [-0.25, -0.2) is 0 Å². The Morgan fingerprint density at radius 2 is 2.06 bits per heavy atom. The molecule has 1 N–H and O–H groups in total. The van der Waals surface area contributed by atoms with Gasteiger partial charge in [-0.3, -0.25) is 0 Å². The summed E-state index contributed by atoms with van der Waals surface area (Å²) in [6.45, 7) is 12.6. The zero-order valence-electron chi connectivity index (χ0n) is 11.3. The first-order chi connectivity index (χ1) is 7.99. The lowest BCUT2D eigenvalue weighted by molar-refractivity contribution is 0.292. The highest BCUT2D eigenvalue weighted by Crippen LogP contribution is 2.36. The molecule has 2 heteroatoms. The van der Waals surface area contributed by atoms with E-state index in [0.29, 0.717) is 12.4 Å². The fourth-order valence-corrected chi connectivity index (χ4v) is 2.03. The third kappa shape index (κ3) is 3.02. The van der Waals surface area contributed by atoms with Crippen LogP contribution in [0.1, 0.15) is 43.4 Å². The minimum Gasteiger partial charge on any atom is -0.504 e. The number of phenols is 1. The molecule has 0 aliphatic heterocycles. The Morgan fingerprint density at radius 1 is 1.41 bits per heavy atom. The number of hydrogen-bond donors (Lipinski definition) is 1. The number of allylic oxidation sites excluding steroid dienone is 1. The molecule has 0 saturated heterocycles. The van der Waals surface area contributed by atoms with Gasteiger partial charge in [0.25, 0.3) is 0 Å². The highest BCUT2D eigenvalue weighted by atomic mass is 16.5. The smallest absolute Gasteiger partial charge is 0.161 e. The molecule has 1 aromatic carbocycles. The van der Waals surface area contributed by atoms with Crippen LogP contribution < -0.4 is 4.74 Å². The quantitative estimate of drug-likeness (QED) is 0.773. The van der Waals surface area contributed by atoms with Gasteiger partial charge in [0.15, 0.2) is 11.5 Å². The summed E-state index contributed by atoms with van der Waals surface area (Å²) in [6, 6.07) is 1.89. The zero-order chi connectivity index (χ0) is 13.0. The van der Waals surface area contributed by atoms with Crippen molar-refractivity contribution in [3.63, 3.8) is 0 Å². The Bertz CT molecular complexity index is 419. The molecule has 0 atom stereocenters. The van der Waals surface area contributed by atoms with Gasteiger partial charge in [0.05, 0.1) is 6.61 Å². The number of benzene rings is 1. The predicted molar refractivity (Wildman–Crippen MR) is 72.7 cm³/mol. The lowest BCUT2D eigenvalue weighted by Crippen LogP contribution is -2.00. The van der Waals surface area contributed by atoms with Crippen molar-refractivity contribution in [3.05, 3.63) is 29.3 Å². The fraction of sp³-hybridized carbons (Fsp3) is 0.467. The molecule has 1 aromatic rings. The average molecular weight is 234 g/mol. The van der Waals surface area contributed by atoms with E-state index in [0.717, 1.165) is 35.1 Å². The normalized spacial score (nSPS) is 10.4. The van der Waals surface area contributed by atoms with Crippen molar-refractivity contribution >= 4 is 5.57 Å². The molecule has 17 heavy (non-hydrogen) atoms. The molecule has 0 heterocycles. The summed E-state index contributed by atoms with van der Waals surface area (Å²) in [5, 5.41) is 10.1. The van der Waals surface area contributed by atoms with Crippen LogP contribution in [-0.2, 0) is 0 Å². The van der Waals surface area contributed by atoms with Gasteiger partial charge in [-0.1, -0.05) is 25.5 Å². The third-order valence-electron chi connectivity index (χ3n) is 2.89. The molecule has 0 spiro atoms. The van der Waals surface area contributed by atoms with Crippen LogP contribution in [-0.4, -0.2) is 11.7 Å². The lowest BCUT2D eigenvalue weighted by atomic mass is 9.96. The number of phenolic OH excluding ortho intramolecular Hbond substituents is 1. The second-order valence-corrected chi connectivity index (χ2v) is 4.52. The van der Waals surface area contributed by atoms with Gasteiger partial charge in [0.2, 0.25) is 0 Å². The van der Waals surface area contributed by atoms with Crippen LogP contribution in [0, 0.1) is 13.8 Å². The van der Waals surface area contributed by atoms with E-state index in [-0.39, 0.29) is 5.75 Å². The Morgan fingerprint density at radius 3 is 2.59 bits per heavy atom. The molecule has 94 valence electrons. The van der Waals surface area contributed by atoms with Crippen LogP contribution in [0.3, 0.4) is 0 Å².